The number of nitrogens with zero attached hydrogens (tertiary/aromatic N) is 3. The standard InChI is InChI=1S/C12H15N3OS2/c1-15(10-3-5-18-8-10)6-11-13-12(16-14-11)9-2-4-17-7-9/h2,4,7,10H,3,5-6,8H2,1H3. The Kier molecular flexibility index (Phi) is 3.67. The van der Waals surface area contributed by atoms with Crippen LogP contribution in [-0.2, 0) is 6.54 Å². The van der Waals surface area contributed by atoms with Gasteiger partial charge in [-0.15, -0.1) is 0 Å². The zero-order valence-corrected chi connectivity index (χ0v) is 11.8. The van der Waals surface area contributed by atoms with E-state index in [2.05, 4.69) is 22.1 Å². The number of rotatable bonds is 4. The summed E-state index contributed by atoms with van der Waals surface area (Å²) < 4.78 is 5.29. The van der Waals surface area contributed by atoms with Gasteiger partial charge in [0.15, 0.2) is 5.82 Å². The molecule has 18 heavy (non-hydrogen) atoms. The molecule has 0 radical (unpaired) electrons. The second-order valence-corrected chi connectivity index (χ2v) is 6.39. The van der Waals surface area contributed by atoms with Crippen LogP contribution in [0.5, 0.6) is 0 Å². The lowest BCUT2D eigenvalue weighted by molar-refractivity contribution is 0.244. The Morgan fingerprint density at radius 3 is 3.22 bits per heavy atom. The minimum Gasteiger partial charge on any atom is -0.334 e. The third kappa shape index (κ3) is 2.60. The minimum atomic E-state index is 0.625. The molecule has 1 saturated heterocycles. The van der Waals surface area contributed by atoms with Crippen LogP contribution in [0.1, 0.15) is 12.2 Å². The van der Waals surface area contributed by atoms with Crippen molar-refractivity contribution in [3.05, 3.63) is 22.7 Å². The van der Waals surface area contributed by atoms with Crippen molar-refractivity contribution in [2.45, 2.75) is 19.0 Å². The molecule has 0 bridgehead atoms. The molecule has 1 fully saturated rings. The van der Waals surface area contributed by atoms with E-state index >= 15 is 0 Å². The van der Waals surface area contributed by atoms with Crippen LogP contribution in [0.25, 0.3) is 11.5 Å². The molecule has 3 rings (SSSR count). The van der Waals surface area contributed by atoms with Gasteiger partial charge in [-0.25, -0.2) is 0 Å². The Hall–Kier alpha value is -0.850. The fourth-order valence-corrected chi connectivity index (χ4v) is 3.97. The zero-order valence-electron chi connectivity index (χ0n) is 10.2. The molecule has 0 aromatic carbocycles. The summed E-state index contributed by atoms with van der Waals surface area (Å²) in [6.07, 6.45) is 1.26. The molecule has 0 spiro atoms. The Balaban J connectivity index is 1.66. The average Bonchev–Trinajstić information content (AvgIpc) is 3.12. The highest BCUT2D eigenvalue weighted by Crippen LogP contribution is 2.23. The summed E-state index contributed by atoms with van der Waals surface area (Å²) in [7, 11) is 2.14. The van der Waals surface area contributed by atoms with Gasteiger partial charge in [-0.2, -0.15) is 28.1 Å². The van der Waals surface area contributed by atoms with E-state index in [4.69, 9.17) is 4.52 Å². The molecular weight excluding hydrogens is 266 g/mol. The molecule has 2 aromatic rings. The lowest BCUT2D eigenvalue weighted by Crippen LogP contribution is -2.31. The van der Waals surface area contributed by atoms with E-state index in [1.165, 1.54) is 17.9 Å². The van der Waals surface area contributed by atoms with Crippen molar-refractivity contribution in [1.29, 1.82) is 0 Å². The van der Waals surface area contributed by atoms with E-state index in [0.717, 1.165) is 17.9 Å². The van der Waals surface area contributed by atoms with E-state index in [9.17, 15) is 0 Å². The van der Waals surface area contributed by atoms with Crippen LogP contribution in [0.3, 0.4) is 0 Å². The molecule has 1 aliphatic heterocycles. The van der Waals surface area contributed by atoms with Gasteiger partial charge in [-0.05, 0) is 30.7 Å². The number of hydrogen-bond donors (Lipinski definition) is 0. The van der Waals surface area contributed by atoms with Gasteiger partial charge in [0.05, 0.1) is 12.1 Å². The van der Waals surface area contributed by atoms with Gasteiger partial charge < -0.3 is 4.52 Å². The summed E-state index contributed by atoms with van der Waals surface area (Å²) in [5.74, 6) is 3.88. The molecule has 1 unspecified atom stereocenters. The maximum atomic E-state index is 5.29. The van der Waals surface area contributed by atoms with E-state index in [1.54, 1.807) is 11.3 Å². The second-order valence-electron chi connectivity index (χ2n) is 4.46. The summed E-state index contributed by atoms with van der Waals surface area (Å²) in [4.78, 5) is 6.77. The first-order chi connectivity index (χ1) is 8.83. The van der Waals surface area contributed by atoms with Gasteiger partial charge in [0.1, 0.15) is 0 Å². The maximum absolute atomic E-state index is 5.29. The molecule has 2 aromatic heterocycles. The summed E-state index contributed by atoms with van der Waals surface area (Å²) in [6, 6.07) is 2.65. The Morgan fingerprint density at radius 2 is 2.50 bits per heavy atom. The first-order valence-electron chi connectivity index (χ1n) is 5.96. The van der Waals surface area contributed by atoms with Gasteiger partial charge in [-0.1, -0.05) is 5.16 Å². The highest BCUT2D eigenvalue weighted by atomic mass is 32.2. The predicted molar refractivity (Wildman–Crippen MR) is 74.8 cm³/mol. The molecule has 1 aliphatic rings. The van der Waals surface area contributed by atoms with Gasteiger partial charge in [0, 0.05) is 17.2 Å². The number of thiophene rings is 1. The topological polar surface area (TPSA) is 42.2 Å². The molecule has 6 heteroatoms. The normalized spacial score (nSPS) is 19.8. The van der Waals surface area contributed by atoms with Crippen LogP contribution in [0, 0.1) is 0 Å². The van der Waals surface area contributed by atoms with E-state index in [1.807, 2.05) is 28.6 Å². The SMILES string of the molecule is CN(Cc1noc(-c2ccsc2)n1)C1CCSC1. The molecule has 0 N–H and O–H groups in total. The lowest BCUT2D eigenvalue weighted by atomic mass is 10.2. The van der Waals surface area contributed by atoms with Crippen molar-refractivity contribution >= 4 is 23.1 Å². The van der Waals surface area contributed by atoms with Crippen molar-refractivity contribution in [2.75, 3.05) is 18.6 Å². The number of hydrogen-bond acceptors (Lipinski definition) is 6. The fraction of sp³-hybridized carbons (Fsp3) is 0.500. The summed E-state index contributed by atoms with van der Waals surface area (Å²) in [5.41, 5.74) is 1.01. The van der Waals surface area contributed by atoms with Crippen LogP contribution >= 0.6 is 23.1 Å². The second kappa shape index (κ2) is 5.42. The van der Waals surface area contributed by atoms with Crippen LogP contribution in [0.2, 0.25) is 0 Å². The van der Waals surface area contributed by atoms with Gasteiger partial charge in [-0.3, -0.25) is 4.90 Å². The van der Waals surface area contributed by atoms with Crippen LogP contribution in [0.15, 0.2) is 21.3 Å². The molecule has 0 amide bonds. The Bertz CT molecular complexity index is 491. The predicted octanol–water partition coefficient (Wildman–Crippen LogP) is 2.74. The highest BCUT2D eigenvalue weighted by Gasteiger charge is 2.21. The number of aromatic nitrogens is 2. The molecule has 1 atom stereocenters. The van der Waals surface area contributed by atoms with Gasteiger partial charge in [0.2, 0.25) is 0 Å². The zero-order chi connectivity index (χ0) is 12.4. The Morgan fingerprint density at radius 1 is 1.56 bits per heavy atom. The van der Waals surface area contributed by atoms with Crippen molar-refractivity contribution < 1.29 is 4.52 Å². The molecule has 3 heterocycles. The monoisotopic (exact) mass is 281 g/mol. The fourth-order valence-electron chi connectivity index (χ4n) is 2.04. The van der Waals surface area contributed by atoms with Crippen LogP contribution < -0.4 is 0 Å². The van der Waals surface area contributed by atoms with Crippen molar-refractivity contribution in [3.63, 3.8) is 0 Å². The molecular formula is C12H15N3OS2. The largest absolute Gasteiger partial charge is 0.334 e. The average molecular weight is 281 g/mol. The highest BCUT2D eigenvalue weighted by molar-refractivity contribution is 7.99. The number of thioether (sulfide) groups is 1. The molecule has 0 saturated carbocycles. The van der Waals surface area contributed by atoms with E-state index < -0.39 is 0 Å². The molecule has 96 valence electrons. The minimum absolute atomic E-state index is 0.625. The van der Waals surface area contributed by atoms with Crippen molar-refractivity contribution in [2.24, 2.45) is 0 Å². The summed E-state index contributed by atoms with van der Waals surface area (Å²) in [5, 5.41) is 8.09. The van der Waals surface area contributed by atoms with Crippen LogP contribution in [-0.4, -0.2) is 39.6 Å². The smallest absolute Gasteiger partial charge is 0.258 e. The maximum Gasteiger partial charge on any atom is 0.258 e. The quantitative estimate of drug-likeness (QED) is 0.862. The first-order valence-corrected chi connectivity index (χ1v) is 8.06. The Labute approximate surface area is 114 Å². The van der Waals surface area contributed by atoms with Gasteiger partial charge >= 0.3 is 0 Å². The third-order valence-corrected chi connectivity index (χ3v) is 4.98. The van der Waals surface area contributed by atoms with E-state index in [-0.39, 0.29) is 0 Å². The lowest BCUT2D eigenvalue weighted by Gasteiger charge is -2.21. The van der Waals surface area contributed by atoms with Gasteiger partial charge in [0.25, 0.3) is 5.89 Å². The third-order valence-electron chi connectivity index (χ3n) is 3.16. The van der Waals surface area contributed by atoms with E-state index in [0.29, 0.717) is 11.9 Å². The first kappa shape index (κ1) is 12.2. The van der Waals surface area contributed by atoms with Crippen molar-refractivity contribution in [3.8, 4) is 11.5 Å². The molecule has 0 aliphatic carbocycles. The van der Waals surface area contributed by atoms with Crippen LogP contribution in [0.4, 0.5) is 0 Å². The summed E-state index contributed by atoms with van der Waals surface area (Å²) in [6.45, 7) is 0.763. The summed E-state index contributed by atoms with van der Waals surface area (Å²) >= 11 is 3.66. The molecule has 4 nitrogen and oxygen atoms in total. The van der Waals surface area contributed by atoms with Crippen molar-refractivity contribution in [1.82, 2.24) is 15.0 Å².